The van der Waals surface area contributed by atoms with Crippen molar-refractivity contribution in [2.75, 3.05) is 13.7 Å². The van der Waals surface area contributed by atoms with Crippen LogP contribution in [-0.4, -0.2) is 19.6 Å². The highest BCUT2D eigenvalue weighted by atomic mass is 35.5. The molecule has 1 atom stereocenters. The maximum absolute atomic E-state index is 13.3. The van der Waals surface area contributed by atoms with Crippen LogP contribution in [0.2, 0.25) is 10.0 Å². The highest BCUT2D eigenvalue weighted by Crippen LogP contribution is 2.42. The molecule has 1 unspecified atom stereocenters. The zero-order valence-corrected chi connectivity index (χ0v) is 17.2. The Bertz CT molecular complexity index is 800. The molecule has 1 aliphatic rings. The number of halogens is 2. The number of rotatable bonds is 6. The van der Waals surface area contributed by atoms with Crippen LogP contribution in [0.3, 0.4) is 0 Å². The van der Waals surface area contributed by atoms with E-state index >= 15 is 0 Å². The highest BCUT2D eigenvalue weighted by molar-refractivity contribution is 6.30. The van der Waals surface area contributed by atoms with Gasteiger partial charge in [-0.3, -0.25) is 4.79 Å². The van der Waals surface area contributed by atoms with Gasteiger partial charge in [-0.05, 0) is 55.2 Å². The van der Waals surface area contributed by atoms with Crippen molar-refractivity contribution in [2.24, 2.45) is 0 Å². The number of carbonyl (C=O) groups is 1. The zero-order chi connectivity index (χ0) is 19.5. The molecular formula is C22H25Cl2NO2. The molecule has 1 aliphatic carbocycles. The van der Waals surface area contributed by atoms with Crippen LogP contribution in [-0.2, 0) is 20.5 Å². The first-order chi connectivity index (χ1) is 12.9. The first-order valence-corrected chi connectivity index (χ1v) is 10.0. The average Bonchev–Trinajstić information content (AvgIpc) is 3.17. The molecule has 0 aromatic heterocycles. The van der Waals surface area contributed by atoms with E-state index in [1.807, 2.05) is 55.5 Å². The van der Waals surface area contributed by atoms with Gasteiger partial charge in [0, 0.05) is 17.2 Å². The Morgan fingerprint density at radius 2 is 1.78 bits per heavy atom. The summed E-state index contributed by atoms with van der Waals surface area (Å²) >= 11 is 12.2. The lowest BCUT2D eigenvalue weighted by Gasteiger charge is -2.33. The van der Waals surface area contributed by atoms with Gasteiger partial charge < -0.3 is 10.1 Å². The molecule has 0 spiro atoms. The number of methoxy groups -OCH3 is 1. The summed E-state index contributed by atoms with van der Waals surface area (Å²) in [5.41, 5.74) is 0.821. The van der Waals surface area contributed by atoms with Gasteiger partial charge in [0.1, 0.15) is 5.60 Å². The van der Waals surface area contributed by atoms with Crippen molar-refractivity contribution in [1.82, 2.24) is 5.32 Å². The van der Waals surface area contributed by atoms with Gasteiger partial charge in [-0.15, -0.1) is 0 Å². The summed E-state index contributed by atoms with van der Waals surface area (Å²) in [5.74, 6) is 0.0487. The van der Waals surface area contributed by atoms with Gasteiger partial charge >= 0.3 is 0 Å². The third kappa shape index (κ3) is 4.16. The van der Waals surface area contributed by atoms with Gasteiger partial charge in [0.05, 0.1) is 12.0 Å². The van der Waals surface area contributed by atoms with Crippen molar-refractivity contribution in [3.63, 3.8) is 0 Å². The van der Waals surface area contributed by atoms with Crippen molar-refractivity contribution < 1.29 is 9.53 Å². The fraction of sp³-hybridized carbons (Fsp3) is 0.409. The smallest absolute Gasteiger partial charge is 0.230 e. The Hall–Kier alpha value is -1.55. The maximum atomic E-state index is 13.3. The molecule has 0 aliphatic heterocycles. The molecule has 1 saturated carbocycles. The topological polar surface area (TPSA) is 38.3 Å². The van der Waals surface area contributed by atoms with Gasteiger partial charge in [0.15, 0.2) is 0 Å². The predicted molar refractivity (Wildman–Crippen MR) is 110 cm³/mol. The molecular weight excluding hydrogens is 381 g/mol. The maximum Gasteiger partial charge on any atom is 0.230 e. The number of ether oxygens (including phenoxy) is 1. The Morgan fingerprint density at radius 3 is 2.37 bits per heavy atom. The number of hydrogen-bond acceptors (Lipinski definition) is 2. The van der Waals surface area contributed by atoms with Gasteiger partial charge in [-0.25, -0.2) is 0 Å². The summed E-state index contributed by atoms with van der Waals surface area (Å²) in [4.78, 5) is 13.3. The minimum atomic E-state index is -0.652. The van der Waals surface area contributed by atoms with Crippen LogP contribution >= 0.6 is 23.2 Å². The van der Waals surface area contributed by atoms with E-state index in [1.165, 1.54) is 0 Å². The molecule has 144 valence electrons. The van der Waals surface area contributed by atoms with Crippen molar-refractivity contribution >= 4 is 29.1 Å². The summed E-state index contributed by atoms with van der Waals surface area (Å²) in [7, 11) is 1.65. The summed E-state index contributed by atoms with van der Waals surface area (Å²) < 4.78 is 5.76. The molecule has 2 aromatic carbocycles. The molecule has 0 heterocycles. The van der Waals surface area contributed by atoms with Gasteiger partial charge in [-0.1, -0.05) is 60.3 Å². The molecule has 5 heteroatoms. The number of benzene rings is 2. The van der Waals surface area contributed by atoms with E-state index in [2.05, 4.69) is 5.32 Å². The second-order valence-corrected chi connectivity index (χ2v) is 8.30. The Kier molecular flexibility index (Phi) is 6.15. The number of carbonyl (C=O) groups excluding carboxylic acids is 1. The Labute approximate surface area is 171 Å². The van der Waals surface area contributed by atoms with Crippen LogP contribution in [0.5, 0.6) is 0 Å². The van der Waals surface area contributed by atoms with E-state index in [-0.39, 0.29) is 5.91 Å². The monoisotopic (exact) mass is 405 g/mol. The van der Waals surface area contributed by atoms with Crippen LogP contribution in [0.4, 0.5) is 0 Å². The van der Waals surface area contributed by atoms with Gasteiger partial charge in [0.2, 0.25) is 5.91 Å². The molecule has 2 aromatic rings. The van der Waals surface area contributed by atoms with Gasteiger partial charge in [-0.2, -0.15) is 0 Å². The zero-order valence-electron chi connectivity index (χ0n) is 15.7. The minimum Gasteiger partial charge on any atom is -0.372 e. The molecule has 1 fully saturated rings. The lowest BCUT2D eigenvalue weighted by Crippen LogP contribution is -2.48. The summed E-state index contributed by atoms with van der Waals surface area (Å²) in [6.45, 7) is 2.33. The Morgan fingerprint density at radius 1 is 1.11 bits per heavy atom. The van der Waals surface area contributed by atoms with Crippen LogP contribution in [0.15, 0.2) is 48.5 Å². The van der Waals surface area contributed by atoms with Crippen LogP contribution in [0.1, 0.15) is 43.7 Å². The van der Waals surface area contributed by atoms with Crippen molar-refractivity contribution in [3.05, 3.63) is 69.7 Å². The minimum absolute atomic E-state index is 0.0487. The molecule has 0 radical (unpaired) electrons. The van der Waals surface area contributed by atoms with Crippen LogP contribution < -0.4 is 5.32 Å². The average molecular weight is 406 g/mol. The van der Waals surface area contributed by atoms with E-state index < -0.39 is 11.0 Å². The van der Waals surface area contributed by atoms with Crippen molar-refractivity contribution in [1.29, 1.82) is 0 Å². The van der Waals surface area contributed by atoms with Crippen LogP contribution in [0.25, 0.3) is 0 Å². The lowest BCUT2D eigenvalue weighted by atomic mass is 9.78. The molecule has 3 rings (SSSR count). The normalized spacial score (nSPS) is 18.1. The fourth-order valence-electron chi connectivity index (χ4n) is 3.92. The van der Waals surface area contributed by atoms with E-state index in [0.29, 0.717) is 16.6 Å². The predicted octanol–water partition coefficient (Wildman–Crippen LogP) is 5.48. The molecule has 3 nitrogen and oxygen atoms in total. The SMILES string of the molecule is COC(C)(CNC(=O)C1(c2ccc(Cl)cc2)CCCC1)c1cccc(Cl)c1. The third-order valence-corrected chi connectivity index (χ3v) is 6.25. The second-order valence-electron chi connectivity index (χ2n) is 7.42. The first kappa shape index (κ1) is 20.2. The highest BCUT2D eigenvalue weighted by Gasteiger charge is 2.43. The quantitative estimate of drug-likeness (QED) is 0.690. The second kappa shape index (κ2) is 8.22. The summed E-state index contributed by atoms with van der Waals surface area (Å²) in [5, 5.41) is 4.48. The van der Waals surface area contributed by atoms with E-state index in [1.54, 1.807) is 7.11 Å². The van der Waals surface area contributed by atoms with Gasteiger partial charge in [0.25, 0.3) is 0 Å². The summed E-state index contributed by atoms with van der Waals surface area (Å²) in [6, 6.07) is 15.2. The standard InChI is InChI=1S/C22H25Cl2NO2/c1-21(27-2,17-6-5-7-19(24)14-17)15-25-20(26)22(12-3-4-13-22)16-8-10-18(23)11-9-16/h5-11,14H,3-4,12-13,15H2,1-2H3,(H,25,26). The Balaban J connectivity index is 1.81. The fourth-order valence-corrected chi connectivity index (χ4v) is 4.24. The molecule has 27 heavy (non-hydrogen) atoms. The number of nitrogens with one attached hydrogen (secondary N) is 1. The molecule has 1 N–H and O–H groups in total. The third-order valence-electron chi connectivity index (χ3n) is 5.76. The number of amides is 1. The van der Waals surface area contributed by atoms with E-state index in [0.717, 1.165) is 36.8 Å². The van der Waals surface area contributed by atoms with Crippen molar-refractivity contribution in [3.8, 4) is 0 Å². The van der Waals surface area contributed by atoms with Crippen molar-refractivity contribution in [2.45, 2.75) is 43.6 Å². The molecule has 0 saturated heterocycles. The van der Waals surface area contributed by atoms with E-state index in [9.17, 15) is 4.79 Å². The largest absolute Gasteiger partial charge is 0.372 e. The summed E-state index contributed by atoms with van der Waals surface area (Å²) in [6.07, 6.45) is 3.79. The lowest BCUT2D eigenvalue weighted by molar-refractivity contribution is -0.128. The number of hydrogen-bond donors (Lipinski definition) is 1. The molecule has 1 amide bonds. The van der Waals surface area contributed by atoms with E-state index in [4.69, 9.17) is 27.9 Å². The first-order valence-electron chi connectivity index (χ1n) is 9.25. The molecule has 0 bridgehead atoms. The van der Waals surface area contributed by atoms with Crippen LogP contribution in [0, 0.1) is 0 Å².